The fourth-order valence-electron chi connectivity index (χ4n) is 1.13. The van der Waals surface area contributed by atoms with Crippen LogP contribution in [0.25, 0.3) is 0 Å². The molecule has 150 valence electrons. The molecule has 0 aromatic heterocycles. The van der Waals surface area contributed by atoms with Gasteiger partial charge in [-0.05, 0) is 0 Å². The Morgan fingerprint density at radius 1 is 0.640 bits per heavy atom. The number of halogens is 15. The molecular weight excluding hydrogens is 413 g/mol. The predicted molar refractivity (Wildman–Crippen MR) is 42.9 cm³/mol. The molecule has 0 heterocycles. The van der Waals surface area contributed by atoms with Crippen molar-refractivity contribution in [2.45, 2.75) is 42.0 Å². The van der Waals surface area contributed by atoms with Crippen molar-refractivity contribution >= 4 is 5.97 Å². The van der Waals surface area contributed by atoms with Crippen LogP contribution in [0.3, 0.4) is 0 Å². The van der Waals surface area contributed by atoms with Gasteiger partial charge in [0.25, 0.3) is 6.17 Å². The fraction of sp³-hybridized carbons (Fsp3) is 0.875. The van der Waals surface area contributed by atoms with E-state index in [-0.39, 0.29) is 0 Å². The Morgan fingerprint density at radius 3 is 1.24 bits per heavy atom. The summed E-state index contributed by atoms with van der Waals surface area (Å²) in [6.45, 7) is 0. The highest BCUT2D eigenvalue weighted by atomic mass is 19.4. The molecule has 0 bridgehead atoms. The van der Waals surface area contributed by atoms with E-state index in [1.54, 1.807) is 4.94 Å². The maximum atomic E-state index is 12.9. The van der Waals surface area contributed by atoms with Crippen molar-refractivity contribution in [3.63, 3.8) is 0 Å². The van der Waals surface area contributed by atoms with Crippen molar-refractivity contribution < 1.29 is 75.7 Å². The maximum absolute atomic E-state index is 12.9. The number of carbonyl (C=O) groups excluding carboxylic acids is 1. The van der Waals surface area contributed by atoms with Crippen molar-refractivity contribution in [2.24, 2.45) is 0 Å². The SMILES string of the molecule is O=C(OF)C(F)C(F)(F)C(F)(F)C(F)(F)C(F)(F)C(F)(F)C(F)(F)F. The standard InChI is InChI=1S/C8HF15O2/c9-1(2(24)25-23)3(10,11)4(12,13)5(14,15)6(16,17)7(18,19)8(20,21)22/h1H. The van der Waals surface area contributed by atoms with Crippen LogP contribution in [0, 0.1) is 0 Å². The lowest BCUT2D eigenvalue weighted by Gasteiger charge is -2.39. The van der Waals surface area contributed by atoms with Crippen molar-refractivity contribution in [1.29, 1.82) is 0 Å². The molecule has 1 unspecified atom stereocenters. The van der Waals surface area contributed by atoms with Crippen LogP contribution in [0.4, 0.5) is 66.0 Å². The monoisotopic (exact) mass is 414 g/mol. The molecule has 0 saturated carbocycles. The molecule has 1 atom stereocenters. The summed E-state index contributed by atoms with van der Waals surface area (Å²) in [5, 5.41) is 0. The van der Waals surface area contributed by atoms with E-state index in [1.807, 2.05) is 0 Å². The Hall–Kier alpha value is -1.58. The van der Waals surface area contributed by atoms with E-state index in [9.17, 15) is 70.8 Å². The zero-order valence-corrected chi connectivity index (χ0v) is 10.6. The van der Waals surface area contributed by atoms with Crippen LogP contribution >= 0.6 is 0 Å². The van der Waals surface area contributed by atoms with Crippen molar-refractivity contribution in [1.82, 2.24) is 0 Å². The molecule has 0 spiro atoms. The molecule has 25 heavy (non-hydrogen) atoms. The average Bonchev–Trinajstić information content (AvgIpc) is 2.43. The molecule has 0 fully saturated rings. The summed E-state index contributed by atoms with van der Waals surface area (Å²) in [6, 6.07) is 0. The van der Waals surface area contributed by atoms with Crippen LogP contribution in [-0.2, 0) is 9.74 Å². The van der Waals surface area contributed by atoms with Crippen LogP contribution in [0.1, 0.15) is 0 Å². The van der Waals surface area contributed by atoms with E-state index in [4.69, 9.17) is 0 Å². The van der Waals surface area contributed by atoms with E-state index in [2.05, 4.69) is 0 Å². The Bertz CT molecular complexity index is 506. The van der Waals surface area contributed by atoms with Gasteiger partial charge in [0.15, 0.2) is 0 Å². The van der Waals surface area contributed by atoms with E-state index in [1.165, 1.54) is 0 Å². The van der Waals surface area contributed by atoms with Gasteiger partial charge in [-0.1, -0.05) is 0 Å². The molecule has 0 saturated heterocycles. The summed E-state index contributed by atoms with van der Waals surface area (Å²) in [5.41, 5.74) is 0. The second-order valence-electron chi connectivity index (χ2n) is 4.18. The Labute approximate surface area is 125 Å². The molecule has 0 aromatic carbocycles. The third-order valence-electron chi connectivity index (χ3n) is 2.56. The van der Waals surface area contributed by atoms with Crippen molar-refractivity contribution in [2.75, 3.05) is 0 Å². The van der Waals surface area contributed by atoms with Gasteiger partial charge < -0.3 is 0 Å². The molecule has 2 nitrogen and oxygen atoms in total. The van der Waals surface area contributed by atoms with Crippen LogP contribution in [0.2, 0.25) is 0 Å². The highest BCUT2D eigenvalue weighted by molar-refractivity contribution is 5.75. The average molecular weight is 414 g/mol. The summed E-state index contributed by atoms with van der Waals surface area (Å²) >= 11 is 0. The first-order valence-corrected chi connectivity index (χ1v) is 5.06. The van der Waals surface area contributed by atoms with Gasteiger partial charge in [-0.2, -0.15) is 57.1 Å². The Morgan fingerprint density at radius 2 is 0.960 bits per heavy atom. The highest BCUT2D eigenvalue weighted by Gasteiger charge is 2.91. The Kier molecular flexibility index (Phi) is 5.62. The van der Waals surface area contributed by atoms with Gasteiger partial charge in [-0.25, -0.2) is 9.18 Å². The number of alkyl halides is 14. The van der Waals surface area contributed by atoms with Gasteiger partial charge in [-0.15, -0.1) is 0 Å². The van der Waals surface area contributed by atoms with Gasteiger partial charge in [0, 0.05) is 4.53 Å². The molecule has 0 N–H and O–H groups in total. The molecule has 0 amide bonds. The van der Waals surface area contributed by atoms with E-state index in [0.717, 1.165) is 0 Å². The normalized spacial score (nSPS) is 16.6. The first-order valence-electron chi connectivity index (χ1n) is 5.06. The zero-order valence-electron chi connectivity index (χ0n) is 10.6. The van der Waals surface area contributed by atoms with Crippen molar-refractivity contribution in [3.8, 4) is 0 Å². The summed E-state index contributed by atoms with van der Waals surface area (Å²) in [6.07, 6.45) is -13.1. The largest absolute Gasteiger partial charge is 0.460 e. The van der Waals surface area contributed by atoms with E-state index in [0.29, 0.717) is 0 Å². The van der Waals surface area contributed by atoms with Crippen molar-refractivity contribution in [3.05, 3.63) is 0 Å². The van der Waals surface area contributed by atoms with Crippen LogP contribution < -0.4 is 0 Å². The molecule has 0 aromatic rings. The number of hydrogen-bond donors (Lipinski definition) is 0. The number of hydrogen-bond acceptors (Lipinski definition) is 2. The molecular formula is C8HF15O2. The van der Waals surface area contributed by atoms with E-state index >= 15 is 0 Å². The summed E-state index contributed by atoms with van der Waals surface area (Å²) in [7, 11) is 0. The molecule has 0 rings (SSSR count). The smallest absolute Gasteiger partial charge is 0.251 e. The molecule has 0 radical (unpaired) electrons. The van der Waals surface area contributed by atoms with Crippen LogP contribution in [-0.4, -0.2) is 47.9 Å². The quantitative estimate of drug-likeness (QED) is 0.599. The molecule has 0 aliphatic heterocycles. The summed E-state index contributed by atoms with van der Waals surface area (Å²) in [5.74, 6) is -43.6. The first kappa shape index (κ1) is 23.4. The van der Waals surface area contributed by atoms with Gasteiger partial charge in [-0.3, -0.25) is 4.94 Å². The lowest BCUT2D eigenvalue weighted by atomic mass is 9.92. The number of carbonyl (C=O) groups is 1. The van der Waals surface area contributed by atoms with Gasteiger partial charge >= 0.3 is 41.8 Å². The topological polar surface area (TPSA) is 26.3 Å². The molecule has 17 heteroatoms. The highest BCUT2D eigenvalue weighted by Crippen LogP contribution is 2.60. The second-order valence-corrected chi connectivity index (χ2v) is 4.18. The van der Waals surface area contributed by atoms with Gasteiger partial charge in [0.05, 0.1) is 0 Å². The maximum Gasteiger partial charge on any atom is 0.460 e. The Balaban J connectivity index is 6.34. The van der Waals surface area contributed by atoms with Crippen LogP contribution in [0.5, 0.6) is 0 Å². The second kappa shape index (κ2) is 6.00. The zero-order chi connectivity index (χ0) is 20.9. The van der Waals surface area contributed by atoms with Gasteiger partial charge in [0.1, 0.15) is 0 Å². The number of rotatable bonds is 6. The fourth-order valence-corrected chi connectivity index (χ4v) is 1.13. The summed E-state index contributed by atoms with van der Waals surface area (Å²) in [4.78, 5) is 11.6. The van der Waals surface area contributed by atoms with Crippen LogP contribution in [0.15, 0.2) is 0 Å². The summed E-state index contributed by atoms with van der Waals surface area (Å²) < 4.78 is 186. The molecule has 0 aliphatic rings. The van der Waals surface area contributed by atoms with E-state index < -0.39 is 47.9 Å². The third kappa shape index (κ3) is 3.04. The minimum atomic E-state index is -8.27. The predicted octanol–water partition coefficient (Wildman–Crippen LogP) is 4.49. The third-order valence-corrected chi connectivity index (χ3v) is 2.56. The lowest BCUT2D eigenvalue weighted by molar-refractivity contribution is -0.442. The minimum absolute atomic E-state index is 1.63. The first-order chi connectivity index (χ1) is 10.6. The minimum Gasteiger partial charge on any atom is -0.251 e. The lowest BCUT2D eigenvalue weighted by Crippen LogP contribution is -2.71. The molecule has 0 aliphatic carbocycles. The van der Waals surface area contributed by atoms with Gasteiger partial charge in [0.2, 0.25) is 0 Å².